The Morgan fingerprint density at radius 1 is 0.435 bits per heavy atom. The number of hydrogen-bond acceptors (Lipinski definition) is 3. The van der Waals surface area contributed by atoms with E-state index in [4.69, 9.17) is 0 Å². The predicted octanol–water partition coefficient (Wildman–Crippen LogP) is 10.9. The molecule has 3 atom stereocenters. The van der Waals surface area contributed by atoms with Crippen LogP contribution in [0.3, 0.4) is 0 Å². The molecular weight excluding hydrogens is 578 g/mol. The maximum absolute atomic E-state index is 12.6. The first kappa shape index (κ1) is 44.1. The van der Waals surface area contributed by atoms with Crippen LogP contribution in [0.5, 0.6) is 0 Å². The molecule has 0 heterocycles. The molecule has 0 aliphatic carbocycles. The highest BCUT2D eigenvalue weighted by atomic mass is 16.4. The van der Waals surface area contributed by atoms with Gasteiger partial charge in [0, 0.05) is 19.3 Å². The highest BCUT2D eigenvalue weighted by molar-refractivity contribution is 5.78. The molecule has 0 aliphatic heterocycles. The van der Waals surface area contributed by atoms with Crippen LogP contribution in [0.15, 0.2) is 12.2 Å². The number of aliphatic carboxylic acids is 3. The lowest BCUT2D eigenvalue weighted by Crippen LogP contribution is -2.72. The fraction of sp³-hybridized carbons (Fsp3) is 0.872. The highest BCUT2D eigenvalue weighted by Gasteiger charge is 2.56. The molecule has 3 N–H and O–H groups in total. The molecule has 0 spiro atoms. The molecule has 0 fully saturated rings. The second-order valence-electron chi connectivity index (χ2n) is 13.7. The molecule has 7 nitrogen and oxygen atoms in total. The SMILES string of the molecule is CCCCCCCC/C=C/CCCCCCCCCCCCCC[N+](C(CCC)C(=O)O)(C(CCC)C(=O)O)C(CCC)C(=O)O. The smallest absolute Gasteiger partial charge is 0.362 e. The second kappa shape index (κ2) is 29.3. The van der Waals surface area contributed by atoms with E-state index in [1.54, 1.807) is 0 Å². The number of nitrogens with zero attached hydrogens (tertiary/aromatic N) is 1. The van der Waals surface area contributed by atoms with Gasteiger partial charge in [-0.05, 0) is 57.8 Å². The number of carboxylic acid groups (broad SMARTS) is 3. The molecule has 0 rings (SSSR count). The van der Waals surface area contributed by atoms with Crippen LogP contribution >= 0.6 is 0 Å². The van der Waals surface area contributed by atoms with Crippen molar-refractivity contribution < 1.29 is 34.2 Å². The third kappa shape index (κ3) is 18.4. The lowest BCUT2D eigenvalue weighted by atomic mass is 9.91. The quantitative estimate of drug-likeness (QED) is 0.0362. The van der Waals surface area contributed by atoms with Gasteiger partial charge in [0.05, 0.1) is 6.54 Å². The third-order valence-corrected chi connectivity index (χ3v) is 9.84. The van der Waals surface area contributed by atoms with Crippen LogP contribution in [-0.4, -0.2) is 62.4 Å². The summed E-state index contributed by atoms with van der Waals surface area (Å²) in [6.07, 6.45) is 31.8. The first-order chi connectivity index (χ1) is 22.2. The molecular formula is C39H74NO6+. The van der Waals surface area contributed by atoms with Gasteiger partial charge in [-0.3, -0.25) is 4.48 Å². The van der Waals surface area contributed by atoms with E-state index in [0.29, 0.717) is 25.7 Å². The molecule has 0 radical (unpaired) electrons. The maximum atomic E-state index is 12.6. The first-order valence-corrected chi connectivity index (χ1v) is 19.4. The lowest BCUT2D eigenvalue weighted by Gasteiger charge is -2.50. The molecule has 0 aromatic heterocycles. The molecule has 46 heavy (non-hydrogen) atoms. The number of carbonyl (C=O) groups is 3. The van der Waals surface area contributed by atoms with Crippen molar-refractivity contribution in [1.29, 1.82) is 0 Å². The molecule has 0 amide bonds. The van der Waals surface area contributed by atoms with Gasteiger partial charge in [-0.1, -0.05) is 130 Å². The largest absolute Gasteiger partial charge is 0.477 e. The summed E-state index contributed by atoms with van der Waals surface area (Å²) < 4.78 is -0.370. The van der Waals surface area contributed by atoms with Crippen LogP contribution in [0.4, 0.5) is 0 Å². The Balaban J connectivity index is 4.59. The lowest BCUT2D eigenvalue weighted by molar-refractivity contribution is -0.973. The summed E-state index contributed by atoms with van der Waals surface area (Å²) in [6, 6.07) is -3.13. The summed E-state index contributed by atoms with van der Waals surface area (Å²) >= 11 is 0. The standard InChI is InChI=1S/C39H73NO6/c1-5-9-10-11-12-13-14-15-16-17-18-19-20-21-22-23-24-25-26-27-28-29-33-40(34(30-6-2)37(41)42,35(31-7-3)38(43)44)36(32-8-4)39(45)46/h15-16,34-36H,5-14,17-33H2,1-4H3,(H2-,41,42,43,44,45,46)/p+1/b16-15+. The average molecular weight is 653 g/mol. The summed E-state index contributed by atoms with van der Waals surface area (Å²) in [5.74, 6) is -3.24. The van der Waals surface area contributed by atoms with E-state index in [1.807, 2.05) is 20.8 Å². The Bertz CT molecular complexity index is 738. The Morgan fingerprint density at radius 3 is 1.00 bits per heavy atom. The van der Waals surface area contributed by atoms with Crippen LogP contribution < -0.4 is 0 Å². The predicted molar refractivity (Wildman–Crippen MR) is 191 cm³/mol. The van der Waals surface area contributed by atoms with Gasteiger partial charge < -0.3 is 15.3 Å². The van der Waals surface area contributed by atoms with Gasteiger partial charge in [-0.15, -0.1) is 0 Å². The van der Waals surface area contributed by atoms with E-state index in [0.717, 1.165) is 19.3 Å². The van der Waals surface area contributed by atoms with Gasteiger partial charge >= 0.3 is 17.9 Å². The zero-order valence-corrected chi connectivity index (χ0v) is 30.5. The first-order valence-electron chi connectivity index (χ1n) is 19.4. The van der Waals surface area contributed by atoms with E-state index in [-0.39, 0.29) is 30.3 Å². The van der Waals surface area contributed by atoms with Crippen molar-refractivity contribution in [2.75, 3.05) is 6.54 Å². The molecule has 0 aromatic carbocycles. The van der Waals surface area contributed by atoms with Crippen molar-refractivity contribution in [3.05, 3.63) is 12.2 Å². The Labute approximate surface area is 283 Å². The minimum atomic E-state index is -1.08. The highest BCUT2D eigenvalue weighted by Crippen LogP contribution is 2.34. The summed E-state index contributed by atoms with van der Waals surface area (Å²) in [6.45, 7) is 8.19. The van der Waals surface area contributed by atoms with Crippen molar-refractivity contribution in [3.8, 4) is 0 Å². The molecule has 7 heteroatoms. The fourth-order valence-electron chi connectivity index (χ4n) is 7.34. The van der Waals surface area contributed by atoms with Gasteiger partial charge in [0.25, 0.3) is 0 Å². The number of carboxylic acids is 3. The molecule has 0 saturated carbocycles. The van der Waals surface area contributed by atoms with E-state index >= 15 is 0 Å². The van der Waals surface area contributed by atoms with Crippen LogP contribution in [0.1, 0.15) is 195 Å². The molecule has 0 saturated heterocycles. The van der Waals surface area contributed by atoms with E-state index in [2.05, 4.69) is 19.1 Å². The summed E-state index contributed by atoms with van der Waals surface area (Å²) in [4.78, 5) is 37.9. The van der Waals surface area contributed by atoms with Crippen molar-refractivity contribution in [2.24, 2.45) is 0 Å². The van der Waals surface area contributed by atoms with Crippen molar-refractivity contribution in [3.63, 3.8) is 0 Å². The number of hydrogen-bond donors (Lipinski definition) is 3. The average Bonchev–Trinajstić information content (AvgIpc) is 3.02. The number of unbranched alkanes of at least 4 members (excludes halogenated alkanes) is 18. The van der Waals surface area contributed by atoms with Crippen molar-refractivity contribution in [1.82, 2.24) is 0 Å². The second-order valence-corrected chi connectivity index (χ2v) is 13.7. The van der Waals surface area contributed by atoms with Crippen molar-refractivity contribution >= 4 is 17.9 Å². The summed E-state index contributed by atoms with van der Waals surface area (Å²) in [5.41, 5.74) is 0. The maximum Gasteiger partial charge on any atom is 0.362 e. The molecule has 270 valence electrons. The van der Waals surface area contributed by atoms with Crippen LogP contribution in [-0.2, 0) is 14.4 Å². The minimum Gasteiger partial charge on any atom is -0.477 e. The number of allylic oxidation sites excluding steroid dienone is 2. The van der Waals surface area contributed by atoms with E-state index in [1.165, 1.54) is 103 Å². The number of quaternary nitrogens is 1. The monoisotopic (exact) mass is 653 g/mol. The molecule has 0 aliphatic rings. The van der Waals surface area contributed by atoms with Crippen LogP contribution in [0.25, 0.3) is 0 Å². The Hall–Kier alpha value is -1.89. The van der Waals surface area contributed by atoms with Crippen molar-refractivity contribution in [2.45, 2.75) is 213 Å². The fourth-order valence-corrected chi connectivity index (χ4v) is 7.34. The number of rotatable bonds is 34. The van der Waals surface area contributed by atoms with E-state index < -0.39 is 36.0 Å². The summed E-state index contributed by atoms with van der Waals surface area (Å²) in [5, 5.41) is 30.9. The topological polar surface area (TPSA) is 112 Å². The van der Waals surface area contributed by atoms with Gasteiger partial charge in [0.2, 0.25) is 0 Å². The zero-order chi connectivity index (χ0) is 34.5. The normalized spacial score (nSPS) is 15.0. The van der Waals surface area contributed by atoms with Crippen LogP contribution in [0.2, 0.25) is 0 Å². The third-order valence-electron chi connectivity index (χ3n) is 9.84. The Morgan fingerprint density at radius 2 is 0.717 bits per heavy atom. The Kier molecular flexibility index (Phi) is 28.1. The van der Waals surface area contributed by atoms with Gasteiger partial charge in [-0.25, -0.2) is 14.4 Å². The molecule has 3 unspecified atom stereocenters. The van der Waals surface area contributed by atoms with Gasteiger partial charge in [0.15, 0.2) is 18.1 Å². The minimum absolute atomic E-state index is 0.271. The molecule has 0 bridgehead atoms. The molecule has 0 aromatic rings. The van der Waals surface area contributed by atoms with Gasteiger partial charge in [0.1, 0.15) is 0 Å². The van der Waals surface area contributed by atoms with E-state index in [9.17, 15) is 29.7 Å². The van der Waals surface area contributed by atoms with Crippen LogP contribution in [0, 0.1) is 0 Å². The zero-order valence-electron chi connectivity index (χ0n) is 30.5. The van der Waals surface area contributed by atoms with Gasteiger partial charge in [-0.2, -0.15) is 0 Å². The summed E-state index contributed by atoms with van der Waals surface area (Å²) in [7, 11) is 0.